The van der Waals surface area contributed by atoms with Crippen LogP contribution in [0, 0.1) is 13.8 Å². The van der Waals surface area contributed by atoms with Crippen LogP contribution in [0.25, 0.3) is 5.82 Å². The van der Waals surface area contributed by atoms with Crippen molar-refractivity contribution in [2.45, 2.75) is 40.5 Å². The molecule has 2 aromatic heterocycles. The van der Waals surface area contributed by atoms with Crippen molar-refractivity contribution in [3.8, 4) is 17.3 Å². The van der Waals surface area contributed by atoms with E-state index in [1.165, 1.54) is 6.33 Å². The number of carbonyl (C=O) groups excluding carboxylic acids is 1. The maximum absolute atomic E-state index is 12.8. The molecule has 0 unspecified atom stereocenters. The van der Waals surface area contributed by atoms with Gasteiger partial charge >= 0.3 is 0 Å². The predicted octanol–water partition coefficient (Wildman–Crippen LogP) is 3.71. The van der Waals surface area contributed by atoms with Gasteiger partial charge in [0.2, 0.25) is 5.91 Å². The van der Waals surface area contributed by atoms with E-state index in [2.05, 4.69) is 20.4 Å². The summed E-state index contributed by atoms with van der Waals surface area (Å²) in [4.78, 5) is 23.3. The summed E-state index contributed by atoms with van der Waals surface area (Å²) >= 11 is 0. The van der Waals surface area contributed by atoms with Gasteiger partial charge in [0.05, 0.1) is 24.6 Å². The Morgan fingerprint density at radius 1 is 1.09 bits per heavy atom. The Morgan fingerprint density at radius 3 is 2.55 bits per heavy atom. The van der Waals surface area contributed by atoms with E-state index in [1.807, 2.05) is 64.9 Å². The summed E-state index contributed by atoms with van der Waals surface area (Å²) in [5.41, 5.74) is 3.47. The molecule has 1 N–H and O–H groups in total. The number of anilines is 2. The fourth-order valence-electron chi connectivity index (χ4n) is 3.55. The van der Waals surface area contributed by atoms with Gasteiger partial charge in [-0.15, -0.1) is 0 Å². The van der Waals surface area contributed by atoms with Crippen LogP contribution < -0.4 is 19.7 Å². The Balaban J connectivity index is 1.74. The molecule has 0 fully saturated rings. The summed E-state index contributed by atoms with van der Waals surface area (Å²) in [6.45, 7) is 8.82. The molecular weight excluding hydrogens is 420 g/mol. The summed E-state index contributed by atoms with van der Waals surface area (Å²) in [5.74, 6) is 2.70. The molecule has 33 heavy (non-hydrogen) atoms. The van der Waals surface area contributed by atoms with E-state index >= 15 is 0 Å². The monoisotopic (exact) mass is 452 g/mol. The number of aryl methyl sites for hydroxylation is 1. The molecule has 1 aromatic carbocycles. The molecule has 2 heterocycles. The topological polar surface area (TPSA) is 94.4 Å². The number of ether oxygens (including phenoxy) is 2. The van der Waals surface area contributed by atoms with Gasteiger partial charge in [0.1, 0.15) is 23.6 Å². The number of carbonyl (C=O) groups is 1. The van der Waals surface area contributed by atoms with Crippen molar-refractivity contribution in [2.24, 2.45) is 0 Å². The summed E-state index contributed by atoms with van der Waals surface area (Å²) in [5, 5.41) is 7.62. The van der Waals surface area contributed by atoms with Crippen LogP contribution in [-0.4, -0.2) is 53.0 Å². The molecule has 3 rings (SSSR count). The number of rotatable bonds is 10. The zero-order chi connectivity index (χ0) is 24.0. The van der Waals surface area contributed by atoms with Crippen molar-refractivity contribution in [3.05, 3.63) is 47.5 Å². The first-order valence-corrected chi connectivity index (χ1v) is 11.1. The Kier molecular flexibility index (Phi) is 7.87. The van der Waals surface area contributed by atoms with E-state index in [0.29, 0.717) is 49.1 Å². The lowest BCUT2D eigenvalue weighted by Crippen LogP contribution is -2.14. The van der Waals surface area contributed by atoms with Crippen molar-refractivity contribution in [1.29, 1.82) is 0 Å². The third-order valence-electron chi connectivity index (χ3n) is 5.19. The fraction of sp³-hybridized carbons (Fsp3) is 0.417. The molecule has 3 aromatic rings. The Morgan fingerprint density at radius 2 is 1.85 bits per heavy atom. The van der Waals surface area contributed by atoms with Gasteiger partial charge in [0.25, 0.3) is 0 Å². The van der Waals surface area contributed by atoms with E-state index < -0.39 is 0 Å². The normalized spacial score (nSPS) is 10.7. The van der Waals surface area contributed by atoms with Crippen molar-refractivity contribution in [1.82, 2.24) is 19.7 Å². The van der Waals surface area contributed by atoms with Crippen LogP contribution in [0.3, 0.4) is 0 Å². The SMILES string of the molecule is CCOc1ccc(OCC)c(NC(=O)CCc2c(C)nn(-c3cc(N(C)C)ncn3)c2C)c1. The van der Waals surface area contributed by atoms with Gasteiger partial charge in [-0.05, 0) is 51.8 Å². The molecule has 0 aliphatic heterocycles. The van der Waals surface area contributed by atoms with E-state index in [1.54, 1.807) is 10.7 Å². The minimum atomic E-state index is -0.104. The second-order valence-electron chi connectivity index (χ2n) is 7.76. The number of nitrogens with zero attached hydrogens (tertiary/aromatic N) is 5. The van der Waals surface area contributed by atoms with Crippen LogP contribution in [0.2, 0.25) is 0 Å². The van der Waals surface area contributed by atoms with E-state index in [-0.39, 0.29) is 5.91 Å². The number of hydrogen-bond donors (Lipinski definition) is 1. The van der Waals surface area contributed by atoms with Crippen molar-refractivity contribution >= 4 is 17.4 Å². The summed E-state index contributed by atoms with van der Waals surface area (Å²) in [6, 6.07) is 7.32. The molecule has 176 valence electrons. The molecule has 0 bridgehead atoms. The number of benzene rings is 1. The van der Waals surface area contributed by atoms with Crippen molar-refractivity contribution in [3.63, 3.8) is 0 Å². The first kappa shape index (κ1) is 24.0. The van der Waals surface area contributed by atoms with Crippen LogP contribution in [0.1, 0.15) is 37.2 Å². The standard InChI is InChI=1S/C24H32N6O3/c1-7-32-18-9-11-21(33-8-2)20(13-18)27-24(31)12-10-19-16(3)28-30(17(19)4)23-14-22(29(5)6)25-15-26-23/h9,11,13-15H,7-8,10,12H2,1-6H3,(H,27,31). The van der Waals surface area contributed by atoms with Crippen molar-refractivity contribution in [2.75, 3.05) is 37.5 Å². The van der Waals surface area contributed by atoms with Crippen LogP contribution in [0.5, 0.6) is 11.5 Å². The molecule has 0 saturated heterocycles. The molecule has 0 aliphatic rings. The third kappa shape index (κ3) is 5.79. The maximum atomic E-state index is 12.8. The molecule has 0 radical (unpaired) electrons. The molecule has 9 nitrogen and oxygen atoms in total. The largest absolute Gasteiger partial charge is 0.494 e. The summed E-state index contributed by atoms with van der Waals surface area (Å²) < 4.78 is 13.0. The average molecular weight is 453 g/mol. The van der Waals surface area contributed by atoms with Gasteiger partial charge in [-0.25, -0.2) is 14.6 Å². The highest BCUT2D eigenvalue weighted by atomic mass is 16.5. The Bertz CT molecular complexity index is 1110. The lowest BCUT2D eigenvalue weighted by atomic mass is 10.1. The van der Waals surface area contributed by atoms with Gasteiger partial charge in [-0.1, -0.05) is 0 Å². The van der Waals surface area contributed by atoms with E-state index in [4.69, 9.17) is 9.47 Å². The van der Waals surface area contributed by atoms with E-state index in [9.17, 15) is 4.79 Å². The van der Waals surface area contributed by atoms with Gasteiger partial charge < -0.3 is 19.7 Å². The number of amides is 1. The molecule has 1 amide bonds. The minimum absolute atomic E-state index is 0.104. The summed E-state index contributed by atoms with van der Waals surface area (Å²) in [6.07, 6.45) is 2.40. The first-order chi connectivity index (χ1) is 15.8. The zero-order valence-corrected chi connectivity index (χ0v) is 20.2. The molecule has 0 spiro atoms. The van der Waals surface area contributed by atoms with Crippen molar-refractivity contribution < 1.29 is 14.3 Å². The third-order valence-corrected chi connectivity index (χ3v) is 5.19. The predicted molar refractivity (Wildman–Crippen MR) is 129 cm³/mol. The number of aromatic nitrogens is 4. The Labute approximate surface area is 194 Å². The maximum Gasteiger partial charge on any atom is 0.224 e. The first-order valence-electron chi connectivity index (χ1n) is 11.1. The lowest BCUT2D eigenvalue weighted by Gasteiger charge is -2.14. The van der Waals surface area contributed by atoms with Crippen LogP contribution >= 0.6 is 0 Å². The average Bonchev–Trinajstić information content (AvgIpc) is 3.07. The molecule has 0 saturated carbocycles. The highest BCUT2D eigenvalue weighted by molar-refractivity contribution is 5.92. The second kappa shape index (κ2) is 10.8. The lowest BCUT2D eigenvalue weighted by molar-refractivity contribution is -0.116. The highest BCUT2D eigenvalue weighted by Crippen LogP contribution is 2.30. The minimum Gasteiger partial charge on any atom is -0.494 e. The highest BCUT2D eigenvalue weighted by Gasteiger charge is 2.17. The number of nitrogens with one attached hydrogen (secondary N) is 1. The summed E-state index contributed by atoms with van der Waals surface area (Å²) in [7, 11) is 3.86. The molecule has 0 aliphatic carbocycles. The van der Waals surface area contributed by atoms with E-state index in [0.717, 1.165) is 22.8 Å². The van der Waals surface area contributed by atoms with Crippen LogP contribution in [0.15, 0.2) is 30.6 Å². The second-order valence-corrected chi connectivity index (χ2v) is 7.76. The fourth-order valence-corrected chi connectivity index (χ4v) is 3.55. The zero-order valence-electron chi connectivity index (χ0n) is 20.2. The van der Waals surface area contributed by atoms with Gasteiger partial charge in [-0.3, -0.25) is 4.79 Å². The van der Waals surface area contributed by atoms with Gasteiger partial charge in [0.15, 0.2) is 5.82 Å². The quantitative estimate of drug-likeness (QED) is 0.501. The smallest absolute Gasteiger partial charge is 0.224 e. The molecule has 9 heteroatoms. The molecule has 0 atom stereocenters. The van der Waals surface area contributed by atoms with Crippen LogP contribution in [0.4, 0.5) is 11.5 Å². The van der Waals surface area contributed by atoms with Gasteiger partial charge in [0, 0.05) is 38.3 Å². The Hall–Kier alpha value is -3.62. The number of hydrogen-bond acceptors (Lipinski definition) is 7. The van der Waals surface area contributed by atoms with Crippen LogP contribution in [-0.2, 0) is 11.2 Å². The van der Waals surface area contributed by atoms with Gasteiger partial charge in [-0.2, -0.15) is 5.10 Å². The molecular formula is C24H32N6O3.